The predicted molar refractivity (Wildman–Crippen MR) is 176 cm³/mol. The quantitative estimate of drug-likeness (QED) is 0.0426. The summed E-state index contributed by atoms with van der Waals surface area (Å²) in [5, 5.41) is 0. The van der Waals surface area contributed by atoms with E-state index in [0.29, 0.717) is 0 Å². The zero-order chi connectivity index (χ0) is 29.2. The highest BCUT2D eigenvalue weighted by Crippen LogP contribution is 2.35. The Morgan fingerprint density at radius 2 is 0.525 bits per heavy atom. The van der Waals surface area contributed by atoms with Crippen molar-refractivity contribution in [2.75, 3.05) is 12.5 Å². The van der Waals surface area contributed by atoms with Gasteiger partial charge < -0.3 is 9.79 Å². The number of halogens is 1. The van der Waals surface area contributed by atoms with Crippen molar-refractivity contribution in [2.45, 2.75) is 205 Å². The van der Waals surface area contributed by atoms with Crippen LogP contribution in [0.4, 0.5) is 0 Å². The summed E-state index contributed by atoms with van der Waals surface area (Å²) in [6, 6.07) is 0. The van der Waals surface area contributed by atoms with E-state index in [-0.39, 0.29) is 6.61 Å². The first-order valence-electron chi connectivity index (χ1n) is 17.8. The Balaban J connectivity index is 3.04. The largest absolute Gasteiger partial charge is 0.469 e. The summed E-state index contributed by atoms with van der Waals surface area (Å²) in [4.78, 5) is 17.2. The molecule has 0 aromatic heterocycles. The van der Waals surface area contributed by atoms with Gasteiger partial charge in [0.05, 0.1) is 6.61 Å². The van der Waals surface area contributed by atoms with Gasteiger partial charge >= 0.3 is 7.82 Å². The van der Waals surface area contributed by atoms with Crippen LogP contribution < -0.4 is 0 Å². The van der Waals surface area contributed by atoms with Crippen LogP contribution in [0.15, 0.2) is 0 Å². The van der Waals surface area contributed by atoms with Crippen LogP contribution in [0.3, 0.4) is 0 Å². The van der Waals surface area contributed by atoms with E-state index in [4.69, 9.17) is 21.4 Å². The van der Waals surface area contributed by atoms with Gasteiger partial charge in [-0.1, -0.05) is 193 Å². The predicted octanol–water partition coefficient (Wildman–Crippen LogP) is 12.8. The maximum absolute atomic E-state index is 10.6. The number of hydrogen-bond donors (Lipinski definition) is 2. The van der Waals surface area contributed by atoms with Crippen LogP contribution in [0, 0.1) is 0 Å². The third kappa shape index (κ3) is 38.4. The lowest BCUT2D eigenvalue weighted by molar-refractivity contribution is 0.193. The molecule has 0 bridgehead atoms. The van der Waals surface area contributed by atoms with Crippen molar-refractivity contribution in [3.05, 3.63) is 0 Å². The van der Waals surface area contributed by atoms with Gasteiger partial charge in [0.1, 0.15) is 0 Å². The van der Waals surface area contributed by atoms with Crippen LogP contribution in [-0.2, 0) is 9.09 Å². The van der Waals surface area contributed by atoms with Crippen LogP contribution in [0.25, 0.3) is 0 Å². The monoisotopic (exact) mass is 608 g/mol. The van der Waals surface area contributed by atoms with Crippen LogP contribution in [-0.4, -0.2) is 22.3 Å². The van der Waals surface area contributed by atoms with Crippen molar-refractivity contribution in [1.82, 2.24) is 0 Å². The SMILES string of the molecule is O=P(O)(O)OCCCCCCCCCCCCCCCCCCCCCCCCCCCCCCCCCCCl. The summed E-state index contributed by atoms with van der Waals surface area (Å²) in [5.74, 6) is 0.836. The minimum absolute atomic E-state index is 0.169. The average molecular weight is 609 g/mol. The maximum Gasteiger partial charge on any atom is 0.469 e. The Morgan fingerprint density at radius 3 is 0.700 bits per heavy atom. The lowest BCUT2D eigenvalue weighted by atomic mass is 10.0. The van der Waals surface area contributed by atoms with E-state index in [9.17, 15) is 4.57 Å². The third-order valence-electron chi connectivity index (χ3n) is 8.29. The molecular formula is C34H70ClO4P. The molecule has 242 valence electrons. The number of alkyl halides is 1. The molecule has 0 aliphatic rings. The van der Waals surface area contributed by atoms with Crippen LogP contribution >= 0.6 is 19.4 Å². The maximum atomic E-state index is 10.6. The summed E-state index contributed by atoms with van der Waals surface area (Å²) in [6.45, 7) is 0.169. The lowest BCUT2D eigenvalue weighted by Crippen LogP contribution is -1.92. The van der Waals surface area contributed by atoms with Crippen LogP contribution in [0.5, 0.6) is 0 Å². The molecule has 0 unspecified atom stereocenters. The summed E-state index contributed by atoms with van der Waals surface area (Å²) in [7, 11) is -4.27. The van der Waals surface area contributed by atoms with Crippen molar-refractivity contribution in [2.24, 2.45) is 0 Å². The van der Waals surface area contributed by atoms with E-state index in [1.807, 2.05) is 0 Å². The first-order chi connectivity index (χ1) is 19.6. The molecular weight excluding hydrogens is 539 g/mol. The Morgan fingerprint density at radius 1 is 0.350 bits per heavy atom. The second-order valence-electron chi connectivity index (χ2n) is 12.3. The first-order valence-corrected chi connectivity index (χ1v) is 19.9. The zero-order valence-electron chi connectivity index (χ0n) is 26.6. The van der Waals surface area contributed by atoms with Crippen molar-refractivity contribution in [1.29, 1.82) is 0 Å². The number of phosphoric ester groups is 1. The van der Waals surface area contributed by atoms with E-state index in [1.165, 1.54) is 186 Å². The molecule has 0 heterocycles. The van der Waals surface area contributed by atoms with Gasteiger partial charge in [-0.2, -0.15) is 0 Å². The topological polar surface area (TPSA) is 66.8 Å². The van der Waals surface area contributed by atoms with Crippen molar-refractivity contribution >= 4 is 19.4 Å². The molecule has 0 amide bonds. The fourth-order valence-electron chi connectivity index (χ4n) is 5.68. The number of rotatable bonds is 35. The van der Waals surface area contributed by atoms with Crippen molar-refractivity contribution in [3.63, 3.8) is 0 Å². The number of phosphoric acid groups is 1. The Hall–Kier alpha value is 0.400. The van der Waals surface area contributed by atoms with Gasteiger partial charge in [0.15, 0.2) is 0 Å². The normalized spacial score (nSPS) is 12.0. The molecule has 2 N–H and O–H groups in total. The molecule has 6 heteroatoms. The average Bonchev–Trinajstić information content (AvgIpc) is 2.92. The fourth-order valence-corrected chi connectivity index (χ4v) is 6.24. The minimum atomic E-state index is -4.27. The van der Waals surface area contributed by atoms with Crippen molar-refractivity contribution in [3.8, 4) is 0 Å². The second kappa shape index (κ2) is 33.9. The molecule has 0 aromatic rings. The van der Waals surface area contributed by atoms with Gasteiger partial charge in [-0.05, 0) is 12.8 Å². The van der Waals surface area contributed by atoms with E-state index in [2.05, 4.69) is 4.52 Å². The first kappa shape index (κ1) is 40.4. The van der Waals surface area contributed by atoms with Crippen LogP contribution in [0.2, 0.25) is 0 Å². The lowest BCUT2D eigenvalue weighted by Gasteiger charge is -2.05. The fraction of sp³-hybridized carbons (Fsp3) is 1.00. The molecule has 0 rings (SSSR count). The summed E-state index contributed by atoms with van der Waals surface area (Å²) in [5.41, 5.74) is 0. The standard InChI is InChI=1S/C34H70ClO4P/c35-33-31-29-27-25-23-21-19-17-15-13-11-9-7-5-3-1-2-4-6-8-10-12-14-16-18-20-22-24-26-28-30-32-34-39-40(36,37)38/h1-34H2,(H2,36,37,38). The highest BCUT2D eigenvalue weighted by atomic mass is 35.5. The van der Waals surface area contributed by atoms with E-state index in [1.54, 1.807) is 0 Å². The summed E-state index contributed by atoms with van der Waals surface area (Å²) in [6.07, 6.45) is 43.7. The van der Waals surface area contributed by atoms with Gasteiger partial charge in [0.25, 0.3) is 0 Å². The van der Waals surface area contributed by atoms with Crippen molar-refractivity contribution < 1.29 is 18.9 Å². The van der Waals surface area contributed by atoms with Gasteiger partial charge in [-0.15, -0.1) is 11.6 Å². The minimum Gasteiger partial charge on any atom is -0.303 e. The molecule has 0 saturated carbocycles. The molecule has 0 aromatic carbocycles. The van der Waals surface area contributed by atoms with Gasteiger partial charge in [0, 0.05) is 5.88 Å². The van der Waals surface area contributed by atoms with Gasteiger partial charge in [-0.25, -0.2) is 4.57 Å². The Labute approximate surface area is 255 Å². The van der Waals surface area contributed by atoms with E-state index >= 15 is 0 Å². The molecule has 0 saturated heterocycles. The second-order valence-corrected chi connectivity index (χ2v) is 13.9. The summed E-state index contributed by atoms with van der Waals surface area (Å²) < 4.78 is 15.0. The van der Waals surface area contributed by atoms with Gasteiger partial charge in [0.2, 0.25) is 0 Å². The Bertz CT molecular complexity index is 514. The highest BCUT2D eigenvalue weighted by Gasteiger charge is 2.12. The zero-order valence-corrected chi connectivity index (χ0v) is 28.2. The molecule has 0 spiro atoms. The number of hydrogen-bond acceptors (Lipinski definition) is 2. The summed E-state index contributed by atoms with van der Waals surface area (Å²) >= 11 is 5.72. The molecule has 0 aliphatic carbocycles. The molecule has 0 radical (unpaired) electrons. The molecule has 40 heavy (non-hydrogen) atoms. The van der Waals surface area contributed by atoms with Gasteiger partial charge in [-0.3, -0.25) is 4.52 Å². The molecule has 0 atom stereocenters. The van der Waals surface area contributed by atoms with E-state index < -0.39 is 7.82 Å². The molecule has 0 aliphatic heterocycles. The Kier molecular flexibility index (Phi) is 34.2. The van der Waals surface area contributed by atoms with E-state index in [0.717, 1.165) is 25.1 Å². The number of unbranched alkanes of at least 4 members (excludes halogenated alkanes) is 31. The van der Waals surface area contributed by atoms with Crippen LogP contribution in [0.1, 0.15) is 205 Å². The molecule has 0 fully saturated rings. The molecule has 4 nitrogen and oxygen atoms in total. The highest BCUT2D eigenvalue weighted by molar-refractivity contribution is 7.46. The smallest absolute Gasteiger partial charge is 0.303 e. The third-order valence-corrected chi connectivity index (χ3v) is 9.07.